The summed E-state index contributed by atoms with van der Waals surface area (Å²) in [4.78, 5) is 23.1. The molecule has 0 saturated carbocycles. The van der Waals surface area contributed by atoms with Crippen LogP contribution in [0.2, 0.25) is 0 Å². The van der Waals surface area contributed by atoms with Gasteiger partial charge in [0.15, 0.2) is 11.5 Å². The number of phenolic OH excluding ortho intramolecular Hbond substituents is 1. The maximum atomic E-state index is 12.6. The van der Waals surface area contributed by atoms with Gasteiger partial charge in [0.2, 0.25) is 0 Å². The third-order valence-corrected chi connectivity index (χ3v) is 5.36. The highest BCUT2D eigenvalue weighted by atomic mass is 79.9. The minimum absolute atomic E-state index is 0.0348. The summed E-state index contributed by atoms with van der Waals surface area (Å²) in [6.45, 7) is 2.21. The molecule has 0 bridgehead atoms. The quantitative estimate of drug-likeness (QED) is 0.119. The molecule has 0 heterocycles. The van der Waals surface area contributed by atoms with Crippen molar-refractivity contribution in [1.29, 1.82) is 5.26 Å². The molecule has 1 amide bonds. The van der Waals surface area contributed by atoms with Crippen LogP contribution in [0.5, 0.6) is 17.2 Å². The van der Waals surface area contributed by atoms with Crippen LogP contribution in [0, 0.1) is 21.4 Å². The van der Waals surface area contributed by atoms with Crippen molar-refractivity contribution in [2.24, 2.45) is 0 Å². The normalized spacial score (nSPS) is 10.8. The summed E-state index contributed by atoms with van der Waals surface area (Å²) in [6.07, 6.45) is 1.41. The van der Waals surface area contributed by atoms with Gasteiger partial charge in [0.05, 0.1) is 11.5 Å². The second-order valence-electron chi connectivity index (χ2n) is 7.14. The van der Waals surface area contributed by atoms with E-state index in [4.69, 9.17) is 9.47 Å². The molecule has 0 saturated heterocycles. The Morgan fingerprint density at radius 2 is 1.89 bits per heavy atom. The van der Waals surface area contributed by atoms with Gasteiger partial charge < -0.3 is 19.9 Å². The number of benzene rings is 3. The van der Waals surface area contributed by atoms with E-state index in [9.17, 15) is 25.3 Å². The lowest BCUT2D eigenvalue weighted by atomic mass is 10.1. The number of halogens is 1. The van der Waals surface area contributed by atoms with Crippen LogP contribution in [-0.4, -0.2) is 22.5 Å². The lowest BCUT2D eigenvalue weighted by Gasteiger charge is -2.14. The van der Waals surface area contributed by atoms with Crippen LogP contribution in [0.1, 0.15) is 18.1 Å². The van der Waals surface area contributed by atoms with E-state index in [-0.39, 0.29) is 23.6 Å². The Balaban J connectivity index is 1.84. The molecule has 0 spiro atoms. The number of anilines is 1. The van der Waals surface area contributed by atoms with Gasteiger partial charge in [-0.2, -0.15) is 5.26 Å². The van der Waals surface area contributed by atoms with Gasteiger partial charge in [-0.1, -0.05) is 28.1 Å². The zero-order chi connectivity index (χ0) is 25.4. The number of carbonyl (C=O) groups excluding carboxylic acids is 1. The Morgan fingerprint density at radius 3 is 2.54 bits per heavy atom. The number of amides is 1. The summed E-state index contributed by atoms with van der Waals surface area (Å²) < 4.78 is 12.1. The predicted octanol–water partition coefficient (Wildman–Crippen LogP) is 5.59. The van der Waals surface area contributed by atoms with Crippen LogP contribution >= 0.6 is 15.9 Å². The molecule has 10 heteroatoms. The average Bonchev–Trinajstić information content (AvgIpc) is 2.84. The van der Waals surface area contributed by atoms with Gasteiger partial charge in [-0.05, 0) is 60.5 Å². The first kappa shape index (κ1) is 25.3. The average molecular weight is 538 g/mol. The Bertz CT molecular complexity index is 1320. The van der Waals surface area contributed by atoms with E-state index in [0.717, 1.165) is 0 Å². The van der Waals surface area contributed by atoms with E-state index in [1.165, 1.54) is 42.5 Å². The van der Waals surface area contributed by atoms with E-state index in [1.54, 1.807) is 31.2 Å². The summed E-state index contributed by atoms with van der Waals surface area (Å²) in [5.74, 6) is 0.200. The van der Waals surface area contributed by atoms with Crippen molar-refractivity contribution in [3.05, 3.63) is 92.0 Å². The molecule has 0 aliphatic rings. The number of nitro benzene ring substituents is 1. The van der Waals surface area contributed by atoms with Crippen molar-refractivity contribution in [1.82, 2.24) is 0 Å². The molecule has 9 nitrogen and oxygen atoms in total. The Kier molecular flexibility index (Phi) is 8.43. The second-order valence-corrected chi connectivity index (χ2v) is 7.99. The maximum absolute atomic E-state index is 12.6. The smallest absolute Gasteiger partial charge is 0.269 e. The van der Waals surface area contributed by atoms with Crippen LogP contribution < -0.4 is 14.8 Å². The molecular formula is C25H20BrN3O6. The van der Waals surface area contributed by atoms with E-state index in [2.05, 4.69) is 21.2 Å². The Morgan fingerprint density at radius 1 is 1.17 bits per heavy atom. The fraction of sp³-hybridized carbons (Fsp3) is 0.120. The van der Waals surface area contributed by atoms with Gasteiger partial charge >= 0.3 is 0 Å². The van der Waals surface area contributed by atoms with Crippen LogP contribution in [0.4, 0.5) is 11.4 Å². The standard InChI is InChI=1S/C25H20BrN3O6/c1-2-34-23-12-17(11-18(14-27)25(31)28-19-6-8-21(30)9-7-19)22(26)13-24(23)35-15-16-4-3-5-20(10-16)29(32)33/h3-13,30H,2,15H2,1H3,(H,28,31)/b18-11+. The topological polar surface area (TPSA) is 135 Å². The summed E-state index contributed by atoms with van der Waals surface area (Å²) in [5, 5.41) is 32.5. The fourth-order valence-electron chi connectivity index (χ4n) is 3.01. The summed E-state index contributed by atoms with van der Waals surface area (Å²) >= 11 is 3.43. The third-order valence-electron chi connectivity index (χ3n) is 4.67. The largest absolute Gasteiger partial charge is 0.508 e. The van der Waals surface area contributed by atoms with Crippen LogP contribution in [0.3, 0.4) is 0 Å². The van der Waals surface area contributed by atoms with Gasteiger partial charge in [0, 0.05) is 22.3 Å². The van der Waals surface area contributed by atoms with Gasteiger partial charge in [-0.3, -0.25) is 14.9 Å². The minimum atomic E-state index is -0.617. The number of nitriles is 1. The summed E-state index contributed by atoms with van der Waals surface area (Å²) in [7, 11) is 0. The molecule has 35 heavy (non-hydrogen) atoms. The van der Waals surface area contributed by atoms with Crippen molar-refractivity contribution in [2.45, 2.75) is 13.5 Å². The van der Waals surface area contributed by atoms with Crippen LogP contribution in [-0.2, 0) is 11.4 Å². The number of aromatic hydroxyl groups is 1. The van der Waals surface area contributed by atoms with Gasteiger partial charge in [-0.15, -0.1) is 0 Å². The summed E-state index contributed by atoms with van der Waals surface area (Å²) in [6, 6.07) is 17.1. The van der Waals surface area contributed by atoms with Crippen molar-refractivity contribution in [3.63, 3.8) is 0 Å². The highest BCUT2D eigenvalue weighted by Gasteiger charge is 2.15. The van der Waals surface area contributed by atoms with Crippen LogP contribution in [0.15, 0.2) is 70.7 Å². The number of non-ortho nitro benzene ring substituents is 1. The Hall–Kier alpha value is -4.36. The van der Waals surface area contributed by atoms with E-state index in [0.29, 0.717) is 39.4 Å². The highest BCUT2D eigenvalue weighted by Crippen LogP contribution is 2.35. The number of hydrogen-bond donors (Lipinski definition) is 2. The van der Waals surface area contributed by atoms with Crippen molar-refractivity contribution < 1.29 is 24.3 Å². The van der Waals surface area contributed by atoms with Crippen LogP contribution in [0.25, 0.3) is 6.08 Å². The van der Waals surface area contributed by atoms with Crippen molar-refractivity contribution in [3.8, 4) is 23.3 Å². The molecule has 0 aliphatic heterocycles. The molecule has 0 unspecified atom stereocenters. The first-order valence-corrected chi connectivity index (χ1v) is 11.1. The molecule has 0 radical (unpaired) electrons. The molecule has 0 aliphatic carbocycles. The van der Waals surface area contributed by atoms with E-state index < -0.39 is 10.8 Å². The lowest BCUT2D eigenvalue weighted by Crippen LogP contribution is -2.13. The second kappa shape index (κ2) is 11.7. The molecule has 3 aromatic carbocycles. The molecule has 0 atom stereocenters. The first-order chi connectivity index (χ1) is 16.8. The molecule has 3 rings (SSSR count). The fourth-order valence-corrected chi connectivity index (χ4v) is 3.45. The highest BCUT2D eigenvalue weighted by molar-refractivity contribution is 9.10. The number of nitro groups is 1. The van der Waals surface area contributed by atoms with Crippen molar-refractivity contribution >= 4 is 39.3 Å². The number of hydrogen-bond acceptors (Lipinski definition) is 7. The van der Waals surface area contributed by atoms with E-state index >= 15 is 0 Å². The monoisotopic (exact) mass is 537 g/mol. The van der Waals surface area contributed by atoms with Gasteiger partial charge in [0.25, 0.3) is 11.6 Å². The zero-order valence-electron chi connectivity index (χ0n) is 18.5. The van der Waals surface area contributed by atoms with Gasteiger partial charge in [-0.25, -0.2) is 0 Å². The number of ether oxygens (including phenoxy) is 2. The Labute approximate surface area is 209 Å². The number of nitrogens with zero attached hydrogens (tertiary/aromatic N) is 2. The van der Waals surface area contributed by atoms with E-state index in [1.807, 2.05) is 6.07 Å². The molecule has 3 aromatic rings. The molecule has 0 fully saturated rings. The first-order valence-electron chi connectivity index (χ1n) is 10.4. The van der Waals surface area contributed by atoms with Crippen molar-refractivity contribution in [2.75, 3.05) is 11.9 Å². The number of carbonyl (C=O) groups is 1. The number of phenols is 1. The summed E-state index contributed by atoms with van der Waals surface area (Å²) in [5.41, 5.74) is 1.36. The zero-order valence-corrected chi connectivity index (χ0v) is 20.1. The lowest BCUT2D eigenvalue weighted by molar-refractivity contribution is -0.384. The molecule has 2 N–H and O–H groups in total. The van der Waals surface area contributed by atoms with Gasteiger partial charge in [0.1, 0.15) is 24.0 Å². The molecule has 0 aromatic heterocycles. The predicted molar refractivity (Wildman–Crippen MR) is 133 cm³/mol. The molecular weight excluding hydrogens is 518 g/mol. The molecule has 178 valence electrons. The maximum Gasteiger partial charge on any atom is 0.269 e. The SMILES string of the molecule is CCOc1cc(/C=C(\C#N)C(=O)Nc2ccc(O)cc2)c(Br)cc1OCc1cccc([N+](=O)[O-])c1. The minimum Gasteiger partial charge on any atom is -0.508 e. The number of nitrogens with one attached hydrogen (secondary N) is 1. The number of rotatable bonds is 9. The third kappa shape index (κ3) is 6.82.